The van der Waals surface area contributed by atoms with Crippen LogP contribution in [0.15, 0.2) is 60.3 Å². The van der Waals surface area contributed by atoms with Gasteiger partial charge in [-0.25, -0.2) is 8.78 Å². The molecule has 4 fully saturated rings. The zero-order valence-electron chi connectivity index (χ0n) is 23.1. The maximum atomic E-state index is 17.6. The lowest BCUT2D eigenvalue weighted by molar-refractivity contribution is -0.232. The van der Waals surface area contributed by atoms with E-state index in [1.165, 1.54) is 12.2 Å². The number of rotatable bonds is 3. The summed E-state index contributed by atoms with van der Waals surface area (Å²) >= 11 is 0.821. The molecule has 0 bridgehead atoms. The normalized spacial score (nSPS) is 43.6. The highest BCUT2D eigenvalue weighted by Crippen LogP contribution is 2.73. The first kappa shape index (κ1) is 27.8. The van der Waals surface area contributed by atoms with Crippen LogP contribution in [0.25, 0.3) is 10.9 Å². The first-order valence-corrected chi connectivity index (χ1v) is 15.2. The third kappa shape index (κ3) is 3.39. The van der Waals surface area contributed by atoms with Gasteiger partial charge in [-0.15, -0.1) is 0 Å². The van der Waals surface area contributed by atoms with Gasteiger partial charge in [0.05, 0.1) is 29.5 Å². The molecule has 218 valence electrons. The number of carbonyl (C=O) groups is 2. The van der Waals surface area contributed by atoms with E-state index in [-0.39, 0.29) is 30.6 Å². The maximum Gasteiger partial charge on any atom is 0.225 e. The topological polar surface area (TPSA) is 110 Å². The highest BCUT2D eigenvalue weighted by atomic mass is 32.2. The van der Waals surface area contributed by atoms with Crippen LogP contribution in [0.2, 0.25) is 0 Å². The van der Waals surface area contributed by atoms with Gasteiger partial charge in [-0.05, 0) is 68.0 Å². The van der Waals surface area contributed by atoms with E-state index in [0.29, 0.717) is 5.56 Å². The van der Waals surface area contributed by atoms with Gasteiger partial charge in [0.2, 0.25) is 5.12 Å². The lowest BCUT2D eigenvalue weighted by atomic mass is 9.44. The molecule has 7 nitrogen and oxygen atoms in total. The molecule has 2 heterocycles. The second-order valence-electron chi connectivity index (χ2n) is 12.6. The van der Waals surface area contributed by atoms with Crippen molar-refractivity contribution in [1.82, 2.24) is 4.98 Å². The fraction of sp³-hybridized carbons (Fsp3) is 0.500. The van der Waals surface area contributed by atoms with Crippen LogP contribution in [0, 0.1) is 34.0 Å². The fourth-order valence-electron chi connectivity index (χ4n) is 8.89. The van der Waals surface area contributed by atoms with Gasteiger partial charge in [0.1, 0.15) is 6.17 Å². The zero-order chi connectivity index (χ0) is 29.7. The van der Waals surface area contributed by atoms with Crippen LogP contribution in [0.1, 0.15) is 45.0 Å². The minimum Gasteiger partial charge on any atom is -0.390 e. The number of allylic oxidation sites excluding steroid dienone is 4. The molecule has 0 radical (unpaired) electrons. The number of pyridine rings is 1. The lowest BCUT2D eigenvalue weighted by Crippen LogP contribution is -2.70. The molecule has 0 amide bonds. The highest BCUT2D eigenvalue weighted by molar-refractivity contribution is 8.14. The number of hydrogen-bond acceptors (Lipinski definition) is 8. The molecule has 1 N–H and O–H groups in total. The van der Waals surface area contributed by atoms with Crippen LogP contribution in [-0.4, -0.2) is 56.4 Å². The number of ketones is 1. The first-order chi connectivity index (χ1) is 20.0. The summed E-state index contributed by atoms with van der Waals surface area (Å²) in [6.45, 7) is 3.35. The molecule has 4 aliphatic carbocycles. The van der Waals surface area contributed by atoms with E-state index in [1.807, 2.05) is 43.3 Å². The van der Waals surface area contributed by atoms with Crippen LogP contribution in [0.3, 0.4) is 0 Å². The Hall–Kier alpha value is -2.97. The van der Waals surface area contributed by atoms with Gasteiger partial charge < -0.3 is 14.6 Å². The van der Waals surface area contributed by atoms with Crippen molar-refractivity contribution in [3.8, 4) is 6.07 Å². The Bertz CT molecular complexity index is 1630. The van der Waals surface area contributed by atoms with Crippen LogP contribution in [-0.2, 0) is 19.1 Å². The average Bonchev–Trinajstić information content (AvgIpc) is 3.47. The van der Waals surface area contributed by atoms with E-state index in [0.717, 1.165) is 28.7 Å². The van der Waals surface area contributed by atoms with Crippen LogP contribution < -0.4 is 0 Å². The molecular weight excluding hydrogens is 562 g/mol. The summed E-state index contributed by atoms with van der Waals surface area (Å²) in [5, 5.41) is 21.4. The second-order valence-corrected chi connectivity index (χ2v) is 13.5. The van der Waals surface area contributed by atoms with Crippen molar-refractivity contribution in [3.63, 3.8) is 0 Å². The average molecular weight is 593 g/mol. The number of hydrogen-bond donors (Lipinski definition) is 1. The van der Waals surface area contributed by atoms with Gasteiger partial charge in [-0.3, -0.25) is 14.6 Å². The molecular formula is C32H30F2N2O5S. The van der Waals surface area contributed by atoms with E-state index < -0.39 is 69.5 Å². The minimum atomic E-state index is -2.28. The molecule has 7 unspecified atom stereocenters. The predicted molar refractivity (Wildman–Crippen MR) is 150 cm³/mol. The second kappa shape index (κ2) is 9.26. The number of benzene rings is 1. The molecule has 1 aromatic heterocycles. The number of carbonyl (C=O) groups excluding carboxylic acids is 2. The smallest absolute Gasteiger partial charge is 0.225 e. The number of aliphatic hydroxyl groups excluding tert-OH is 1. The van der Waals surface area contributed by atoms with Crippen LogP contribution in [0.5, 0.6) is 0 Å². The van der Waals surface area contributed by atoms with Crippen molar-refractivity contribution in [2.45, 2.75) is 69.0 Å². The van der Waals surface area contributed by atoms with Gasteiger partial charge in [0.15, 0.2) is 23.3 Å². The number of thioether (sulfide) groups is 1. The fourth-order valence-corrected chi connectivity index (χ4v) is 9.71. The van der Waals surface area contributed by atoms with E-state index in [4.69, 9.17) is 9.47 Å². The van der Waals surface area contributed by atoms with Crippen molar-refractivity contribution in [3.05, 3.63) is 65.9 Å². The highest BCUT2D eigenvalue weighted by Gasteiger charge is 2.80. The van der Waals surface area contributed by atoms with Gasteiger partial charge in [0, 0.05) is 33.9 Å². The third-order valence-electron chi connectivity index (χ3n) is 10.8. The number of alkyl halides is 2. The van der Waals surface area contributed by atoms with Gasteiger partial charge in [0.25, 0.3) is 0 Å². The summed E-state index contributed by atoms with van der Waals surface area (Å²) in [6.07, 6.45) is 0.436. The van der Waals surface area contributed by atoms with Crippen molar-refractivity contribution >= 4 is 33.6 Å². The molecule has 1 aliphatic heterocycles. The van der Waals surface area contributed by atoms with E-state index in [9.17, 15) is 20.0 Å². The molecule has 0 spiro atoms. The molecule has 1 aromatic carbocycles. The molecule has 2 aromatic rings. The molecule has 10 atom stereocenters. The Morgan fingerprint density at radius 1 is 1.26 bits per heavy atom. The van der Waals surface area contributed by atoms with Crippen molar-refractivity contribution in [2.24, 2.45) is 22.7 Å². The van der Waals surface area contributed by atoms with E-state index in [1.54, 1.807) is 13.1 Å². The minimum absolute atomic E-state index is 0.0447. The Morgan fingerprint density at radius 3 is 2.86 bits per heavy atom. The number of halogens is 2. The Balaban J connectivity index is 1.32. The van der Waals surface area contributed by atoms with E-state index >= 15 is 8.78 Å². The molecule has 10 heteroatoms. The summed E-state index contributed by atoms with van der Waals surface area (Å²) in [4.78, 5) is 30.6. The predicted octanol–water partition coefficient (Wildman–Crippen LogP) is 5.10. The summed E-state index contributed by atoms with van der Waals surface area (Å²) in [7, 11) is 0. The number of nitriles is 1. The quantitative estimate of drug-likeness (QED) is 0.525. The number of ether oxygens (including phenoxy) is 2. The van der Waals surface area contributed by atoms with Gasteiger partial charge in [-0.2, -0.15) is 5.26 Å². The Morgan fingerprint density at radius 2 is 2.07 bits per heavy atom. The number of aromatic nitrogens is 1. The molecule has 1 saturated heterocycles. The molecule has 5 aliphatic rings. The maximum absolute atomic E-state index is 17.6. The molecule has 42 heavy (non-hydrogen) atoms. The standard InChI is InChI=1S/C32H30F2N2O5S/c1-29-8-7-19(37)13-22(29)23(33)14-21-20-15-26-32(28(39)42-11-9-35,30(20,2)16-25(38)31(21,29)34)41-27(40-26)18-5-6-24-17(12-18)4-3-10-36-24/h3-8,10,12-13,20-21,23,25-27,38H,11,14-16H2,1-2H3/t20?,21?,23-,25?,26+,27?,29?,30?,31-,32?/m0/s1. The zero-order valence-corrected chi connectivity index (χ0v) is 23.9. The van der Waals surface area contributed by atoms with Crippen molar-refractivity contribution < 1.29 is 33.0 Å². The van der Waals surface area contributed by atoms with Gasteiger partial charge in [-0.1, -0.05) is 36.9 Å². The monoisotopic (exact) mass is 592 g/mol. The number of nitrogens with zero attached hydrogens (tertiary/aromatic N) is 2. The SMILES string of the molecule is CC12CC(O)[C@@]3(F)C(C[C@H](F)C4=CC(=O)C=CC43C)C1C[C@H]1OC(c3ccc4ncccc4c3)OC12C(=O)SCC#N. The van der Waals surface area contributed by atoms with Crippen LogP contribution in [0.4, 0.5) is 8.78 Å². The summed E-state index contributed by atoms with van der Waals surface area (Å²) in [6, 6.07) is 11.3. The number of fused-ring (bicyclic) bond motifs is 8. The first-order valence-electron chi connectivity index (χ1n) is 14.2. The molecule has 3 saturated carbocycles. The third-order valence-corrected chi connectivity index (χ3v) is 11.7. The summed E-state index contributed by atoms with van der Waals surface area (Å²) in [5.41, 5.74) is -5.03. The van der Waals surface area contributed by atoms with E-state index in [2.05, 4.69) is 4.98 Å². The van der Waals surface area contributed by atoms with Crippen molar-refractivity contribution in [1.29, 1.82) is 5.26 Å². The van der Waals surface area contributed by atoms with Gasteiger partial charge >= 0.3 is 0 Å². The lowest BCUT2D eigenvalue weighted by Gasteiger charge is -2.63. The molecule has 7 rings (SSSR count). The summed E-state index contributed by atoms with van der Waals surface area (Å²) in [5.74, 6) is -2.07. The number of aliphatic hydroxyl groups is 1. The van der Waals surface area contributed by atoms with Crippen molar-refractivity contribution in [2.75, 3.05) is 5.75 Å². The Kier molecular flexibility index (Phi) is 6.14. The largest absolute Gasteiger partial charge is 0.390 e. The summed E-state index contributed by atoms with van der Waals surface area (Å²) < 4.78 is 46.6. The van der Waals surface area contributed by atoms with Crippen LogP contribution >= 0.6 is 11.8 Å². The Labute approximate surface area is 246 Å².